The highest BCUT2D eigenvalue weighted by atomic mass is 32.2. The van der Waals surface area contributed by atoms with Crippen LogP contribution in [0, 0.1) is 0 Å². The van der Waals surface area contributed by atoms with Gasteiger partial charge in [-0.05, 0) is 73.5 Å². The van der Waals surface area contributed by atoms with Gasteiger partial charge < -0.3 is 4.90 Å². The summed E-state index contributed by atoms with van der Waals surface area (Å²) in [4.78, 5) is 3.06. The minimum absolute atomic E-state index is 0.387. The molecule has 0 unspecified atom stereocenters. The molecule has 1 aliphatic carbocycles. The van der Waals surface area contributed by atoms with Gasteiger partial charge in [0.05, 0.1) is 4.90 Å². The van der Waals surface area contributed by atoms with Crippen LogP contribution in [-0.2, 0) is 23.1 Å². The summed E-state index contributed by atoms with van der Waals surface area (Å²) in [5, 5.41) is 0. The van der Waals surface area contributed by atoms with Gasteiger partial charge in [0.2, 0.25) is 10.0 Å². The maximum atomic E-state index is 13.1. The molecule has 1 saturated carbocycles. The highest BCUT2D eigenvalue weighted by Gasteiger charge is 2.34. The molecule has 5 rings (SSSR count). The molecule has 3 aliphatic rings. The molecule has 2 aromatic rings. The molecule has 2 fully saturated rings. The van der Waals surface area contributed by atoms with Gasteiger partial charge in [-0.25, -0.2) is 8.42 Å². The molecule has 28 heavy (non-hydrogen) atoms. The third kappa shape index (κ3) is 3.19. The smallest absolute Gasteiger partial charge is 0.243 e. The summed E-state index contributed by atoms with van der Waals surface area (Å²) < 4.78 is 27.8. The van der Waals surface area contributed by atoms with Crippen LogP contribution in [0.4, 0.5) is 0 Å². The van der Waals surface area contributed by atoms with Gasteiger partial charge in [-0.2, -0.15) is 4.31 Å². The Morgan fingerprint density at radius 2 is 1.57 bits per heavy atom. The summed E-state index contributed by atoms with van der Waals surface area (Å²) >= 11 is 0. The zero-order chi connectivity index (χ0) is 19.1. The highest BCUT2D eigenvalue weighted by molar-refractivity contribution is 7.89. The zero-order valence-electron chi connectivity index (χ0n) is 16.3. The first-order valence-corrected chi connectivity index (χ1v) is 12.0. The average molecular weight is 397 g/mol. The number of benzene rings is 2. The lowest BCUT2D eigenvalue weighted by molar-refractivity contribution is 0.0974. The van der Waals surface area contributed by atoms with Crippen molar-refractivity contribution in [3.05, 3.63) is 65.2 Å². The van der Waals surface area contributed by atoms with Crippen molar-refractivity contribution in [2.45, 2.75) is 62.0 Å². The molecule has 0 bridgehead atoms. The van der Waals surface area contributed by atoms with E-state index in [-0.39, 0.29) is 0 Å². The van der Waals surface area contributed by atoms with Crippen LogP contribution in [0.25, 0.3) is 0 Å². The van der Waals surface area contributed by atoms with Crippen LogP contribution in [-0.4, -0.2) is 36.8 Å². The lowest BCUT2D eigenvalue weighted by Gasteiger charge is -2.42. The second-order valence-corrected chi connectivity index (χ2v) is 10.4. The minimum Gasteiger partial charge on any atom is -0.300 e. The number of hydrogen-bond acceptors (Lipinski definition) is 3. The summed E-state index contributed by atoms with van der Waals surface area (Å²) in [5.74, 6) is 0.561. The number of sulfonamides is 1. The fourth-order valence-electron chi connectivity index (χ4n) is 5.04. The first kappa shape index (κ1) is 18.3. The van der Waals surface area contributed by atoms with Crippen molar-refractivity contribution in [3.8, 4) is 0 Å². The molecule has 0 spiro atoms. The molecule has 0 aromatic heterocycles. The highest BCUT2D eigenvalue weighted by Crippen LogP contribution is 2.38. The van der Waals surface area contributed by atoms with Crippen molar-refractivity contribution in [1.82, 2.24) is 9.21 Å². The Morgan fingerprint density at radius 1 is 0.821 bits per heavy atom. The predicted molar refractivity (Wildman–Crippen MR) is 111 cm³/mol. The molecule has 5 heteroatoms. The number of likely N-dealkylation sites (tertiary alicyclic amines) is 1. The SMILES string of the molecule is O=S(=O)(c1ccccc1)N1Cc2cccc(C3CCN(C4CCC4)CC3)c2C1. The Kier molecular flexibility index (Phi) is 4.77. The molecule has 148 valence electrons. The number of piperidine rings is 1. The molecule has 0 N–H and O–H groups in total. The molecule has 1 saturated heterocycles. The summed E-state index contributed by atoms with van der Waals surface area (Å²) in [6.07, 6.45) is 6.52. The Labute approximate surface area is 168 Å². The van der Waals surface area contributed by atoms with E-state index in [1.54, 1.807) is 28.6 Å². The number of nitrogens with zero attached hydrogens (tertiary/aromatic N) is 2. The minimum atomic E-state index is -3.44. The van der Waals surface area contributed by atoms with Gasteiger partial charge in [-0.15, -0.1) is 0 Å². The van der Waals surface area contributed by atoms with Gasteiger partial charge in [-0.3, -0.25) is 0 Å². The normalized spacial score (nSPS) is 22.1. The summed E-state index contributed by atoms with van der Waals surface area (Å²) in [6, 6.07) is 16.1. The van der Waals surface area contributed by atoms with Crippen molar-refractivity contribution in [2.24, 2.45) is 0 Å². The Bertz CT molecular complexity index is 946. The van der Waals surface area contributed by atoms with Crippen LogP contribution in [0.5, 0.6) is 0 Å². The Hall–Kier alpha value is -1.69. The first-order valence-electron chi connectivity index (χ1n) is 10.5. The first-order chi connectivity index (χ1) is 13.6. The van der Waals surface area contributed by atoms with Gasteiger partial charge in [0, 0.05) is 19.1 Å². The van der Waals surface area contributed by atoms with E-state index >= 15 is 0 Å². The molecule has 0 amide bonds. The van der Waals surface area contributed by atoms with E-state index in [2.05, 4.69) is 23.1 Å². The van der Waals surface area contributed by atoms with Crippen molar-refractivity contribution in [1.29, 1.82) is 0 Å². The molecule has 2 heterocycles. The van der Waals surface area contributed by atoms with E-state index in [0.29, 0.717) is 23.9 Å². The molecular formula is C23H28N2O2S. The third-order valence-electron chi connectivity index (χ3n) is 6.93. The van der Waals surface area contributed by atoms with E-state index in [9.17, 15) is 8.42 Å². The fourth-order valence-corrected chi connectivity index (χ4v) is 6.45. The topological polar surface area (TPSA) is 40.6 Å². The maximum Gasteiger partial charge on any atom is 0.243 e. The fraction of sp³-hybridized carbons (Fsp3) is 0.478. The zero-order valence-corrected chi connectivity index (χ0v) is 17.1. The molecule has 2 aliphatic heterocycles. The number of fused-ring (bicyclic) bond motifs is 1. The van der Waals surface area contributed by atoms with Crippen molar-refractivity contribution < 1.29 is 8.42 Å². The molecule has 0 atom stereocenters. The average Bonchev–Trinajstić information content (AvgIpc) is 3.13. The third-order valence-corrected chi connectivity index (χ3v) is 8.74. The summed E-state index contributed by atoms with van der Waals surface area (Å²) in [6.45, 7) is 3.36. The maximum absolute atomic E-state index is 13.1. The van der Waals surface area contributed by atoms with Crippen LogP contribution in [0.3, 0.4) is 0 Å². The summed E-state index contributed by atoms with van der Waals surface area (Å²) in [7, 11) is -3.44. The number of hydrogen-bond donors (Lipinski definition) is 0. The number of rotatable bonds is 4. The van der Waals surface area contributed by atoms with Crippen LogP contribution in [0.1, 0.15) is 54.7 Å². The van der Waals surface area contributed by atoms with Crippen LogP contribution >= 0.6 is 0 Å². The van der Waals surface area contributed by atoms with Crippen LogP contribution < -0.4 is 0 Å². The Morgan fingerprint density at radius 3 is 2.25 bits per heavy atom. The lowest BCUT2D eigenvalue weighted by atomic mass is 9.83. The van der Waals surface area contributed by atoms with Crippen LogP contribution in [0.2, 0.25) is 0 Å². The van der Waals surface area contributed by atoms with Gasteiger partial charge in [-0.1, -0.05) is 42.8 Å². The molecule has 4 nitrogen and oxygen atoms in total. The second-order valence-electron chi connectivity index (χ2n) is 8.47. The van der Waals surface area contributed by atoms with E-state index < -0.39 is 10.0 Å². The standard InChI is InChI=1S/C23H28N2O2S/c26-28(27,21-9-2-1-3-10-21)25-16-19-6-4-11-22(23(19)17-25)18-12-14-24(15-13-18)20-7-5-8-20/h1-4,6,9-11,18,20H,5,7-8,12-17H2. The van der Waals surface area contributed by atoms with Gasteiger partial charge in [0.25, 0.3) is 0 Å². The van der Waals surface area contributed by atoms with E-state index in [1.165, 1.54) is 61.9 Å². The molecular weight excluding hydrogens is 368 g/mol. The van der Waals surface area contributed by atoms with E-state index in [4.69, 9.17) is 0 Å². The van der Waals surface area contributed by atoms with Crippen LogP contribution in [0.15, 0.2) is 53.4 Å². The van der Waals surface area contributed by atoms with Crippen molar-refractivity contribution in [2.75, 3.05) is 13.1 Å². The van der Waals surface area contributed by atoms with Crippen molar-refractivity contribution in [3.63, 3.8) is 0 Å². The molecule has 0 radical (unpaired) electrons. The largest absolute Gasteiger partial charge is 0.300 e. The molecule has 2 aromatic carbocycles. The predicted octanol–water partition coefficient (Wildman–Crippen LogP) is 4.12. The Balaban J connectivity index is 1.35. The van der Waals surface area contributed by atoms with Crippen molar-refractivity contribution >= 4 is 10.0 Å². The monoisotopic (exact) mass is 396 g/mol. The summed E-state index contributed by atoms with van der Waals surface area (Å²) in [5.41, 5.74) is 3.82. The van der Waals surface area contributed by atoms with E-state index in [0.717, 1.165) is 6.04 Å². The quantitative estimate of drug-likeness (QED) is 0.780. The van der Waals surface area contributed by atoms with E-state index in [1.807, 2.05) is 6.07 Å². The second kappa shape index (κ2) is 7.29. The lowest BCUT2D eigenvalue weighted by Crippen LogP contribution is -2.44. The van der Waals surface area contributed by atoms with Gasteiger partial charge in [0.1, 0.15) is 0 Å². The van der Waals surface area contributed by atoms with Gasteiger partial charge >= 0.3 is 0 Å². The van der Waals surface area contributed by atoms with Gasteiger partial charge in [0.15, 0.2) is 0 Å².